The largest absolute Gasteiger partial charge is 0.368 e. The van der Waals surface area contributed by atoms with Crippen molar-refractivity contribution in [3.05, 3.63) is 5.28 Å². The van der Waals surface area contributed by atoms with Gasteiger partial charge in [0.25, 0.3) is 0 Å². The van der Waals surface area contributed by atoms with E-state index in [1.165, 1.54) is 19.3 Å². The van der Waals surface area contributed by atoms with E-state index >= 15 is 0 Å². The molecule has 0 unspecified atom stereocenters. The molecule has 1 fully saturated rings. The minimum Gasteiger partial charge on any atom is -0.368 e. The van der Waals surface area contributed by atoms with Gasteiger partial charge in [-0.3, -0.25) is 0 Å². The van der Waals surface area contributed by atoms with Crippen LogP contribution in [0.25, 0.3) is 0 Å². The number of hydrogen-bond donors (Lipinski definition) is 2. The van der Waals surface area contributed by atoms with Crippen LogP contribution in [0.3, 0.4) is 0 Å². The number of anilines is 2. The topological polar surface area (TPSA) is 76.7 Å². The van der Waals surface area contributed by atoms with E-state index in [2.05, 4.69) is 27.2 Å². The van der Waals surface area contributed by atoms with Crippen molar-refractivity contribution in [2.75, 3.05) is 17.6 Å². The Hall–Kier alpha value is -1.10. The van der Waals surface area contributed by atoms with Gasteiger partial charge in [-0.15, -0.1) is 0 Å². The SMILES string of the molecule is CC1(CNc2nc(N)nc(Cl)n2)CCC1. The molecule has 1 aliphatic rings. The highest BCUT2D eigenvalue weighted by Crippen LogP contribution is 2.39. The fraction of sp³-hybridized carbons (Fsp3) is 0.667. The van der Waals surface area contributed by atoms with Gasteiger partial charge in [0.05, 0.1) is 0 Å². The summed E-state index contributed by atoms with van der Waals surface area (Å²) in [5, 5.41) is 3.27. The molecule has 3 N–H and O–H groups in total. The average molecular weight is 228 g/mol. The third-order valence-corrected chi connectivity index (χ3v) is 3.03. The molecule has 0 spiro atoms. The third-order valence-electron chi connectivity index (χ3n) is 2.86. The van der Waals surface area contributed by atoms with Gasteiger partial charge in [-0.05, 0) is 29.9 Å². The van der Waals surface area contributed by atoms with E-state index in [1.807, 2.05) is 0 Å². The van der Waals surface area contributed by atoms with Gasteiger partial charge in [0.15, 0.2) is 0 Å². The second kappa shape index (κ2) is 3.81. The first-order chi connectivity index (χ1) is 7.07. The van der Waals surface area contributed by atoms with E-state index in [-0.39, 0.29) is 11.2 Å². The lowest BCUT2D eigenvalue weighted by Crippen LogP contribution is -2.33. The van der Waals surface area contributed by atoms with Crippen molar-refractivity contribution in [2.24, 2.45) is 5.41 Å². The van der Waals surface area contributed by atoms with Gasteiger partial charge in [0.1, 0.15) is 0 Å². The Morgan fingerprint density at radius 3 is 2.67 bits per heavy atom. The predicted molar refractivity (Wildman–Crippen MR) is 59.7 cm³/mol. The number of halogens is 1. The first-order valence-electron chi connectivity index (χ1n) is 4.98. The molecule has 0 bridgehead atoms. The summed E-state index contributed by atoms with van der Waals surface area (Å²) in [5.41, 5.74) is 5.83. The number of hydrogen-bond acceptors (Lipinski definition) is 5. The normalized spacial score (nSPS) is 18.3. The van der Waals surface area contributed by atoms with Gasteiger partial charge in [0, 0.05) is 6.54 Å². The van der Waals surface area contributed by atoms with E-state index in [4.69, 9.17) is 17.3 Å². The molecule has 0 saturated heterocycles. The Balaban J connectivity index is 1.98. The third kappa shape index (κ3) is 2.47. The van der Waals surface area contributed by atoms with Crippen LogP contribution in [-0.2, 0) is 0 Å². The molecular weight excluding hydrogens is 214 g/mol. The van der Waals surface area contributed by atoms with Crippen molar-refractivity contribution in [1.82, 2.24) is 15.0 Å². The van der Waals surface area contributed by atoms with Crippen LogP contribution in [0.1, 0.15) is 26.2 Å². The van der Waals surface area contributed by atoms with Crippen molar-refractivity contribution in [3.63, 3.8) is 0 Å². The first kappa shape index (κ1) is 10.4. The van der Waals surface area contributed by atoms with Crippen LogP contribution >= 0.6 is 11.6 Å². The van der Waals surface area contributed by atoms with Crippen molar-refractivity contribution in [3.8, 4) is 0 Å². The zero-order valence-electron chi connectivity index (χ0n) is 8.63. The lowest BCUT2D eigenvalue weighted by Gasteiger charge is -2.38. The molecule has 0 aliphatic heterocycles. The van der Waals surface area contributed by atoms with Crippen LogP contribution in [0.2, 0.25) is 5.28 Å². The molecule has 6 heteroatoms. The zero-order valence-corrected chi connectivity index (χ0v) is 9.38. The molecule has 5 nitrogen and oxygen atoms in total. The van der Waals surface area contributed by atoms with Crippen LogP contribution in [0.5, 0.6) is 0 Å². The predicted octanol–water partition coefficient (Wildman–Crippen LogP) is 1.71. The van der Waals surface area contributed by atoms with E-state index in [0.717, 1.165) is 6.54 Å². The zero-order chi connectivity index (χ0) is 10.9. The van der Waals surface area contributed by atoms with Gasteiger partial charge in [-0.25, -0.2) is 0 Å². The van der Waals surface area contributed by atoms with Crippen LogP contribution in [-0.4, -0.2) is 21.5 Å². The van der Waals surface area contributed by atoms with E-state index in [1.54, 1.807) is 0 Å². The van der Waals surface area contributed by atoms with Gasteiger partial charge in [0.2, 0.25) is 17.2 Å². The molecule has 82 valence electrons. The van der Waals surface area contributed by atoms with Crippen LogP contribution in [0.15, 0.2) is 0 Å². The maximum absolute atomic E-state index is 5.67. The summed E-state index contributed by atoms with van der Waals surface area (Å²) in [5.74, 6) is 0.608. The molecule has 0 amide bonds. The first-order valence-corrected chi connectivity index (χ1v) is 5.36. The Morgan fingerprint density at radius 2 is 2.13 bits per heavy atom. The number of aromatic nitrogens is 3. The summed E-state index contributed by atoms with van der Waals surface area (Å²) in [4.78, 5) is 11.6. The Labute approximate surface area is 93.5 Å². The lowest BCUT2D eigenvalue weighted by molar-refractivity contribution is 0.179. The standard InChI is InChI=1S/C9H14ClN5/c1-9(3-2-4-9)5-12-8-14-6(10)13-7(11)15-8/h2-5H2,1H3,(H3,11,12,13,14,15). The molecule has 0 atom stereocenters. The summed E-state index contributed by atoms with van der Waals surface area (Å²) >= 11 is 5.67. The van der Waals surface area contributed by atoms with E-state index < -0.39 is 0 Å². The monoisotopic (exact) mass is 227 g/mol. The molecule has 1 heterocycles. The Bertz CT molecular complexity index is 343. The fourth-order valence-electron chi connectivity index (χ4n) is 1.69. The van der Waals surface area contributed by atoms with Gasteiger partial charge in [-0.1, -0.05) is 13.3 Å². The number of nitrogens with two attached hydrogens (primary N) is 1. The van der Waals surface area contributed by atoms with E-state index in [9.17, 15) is 0 Å². The summed E-state index contributed by atoms with van der Waals surface area (Å²) in [6.07, 6.45) is 3.79. The lowest BCUT2D eigenvalue weighted by atomic mass is 9.70. The fourth-order valence-corrected chi connectivity index (χ4v) is 1.86. The van der Waals surface area contributed by atoms with Gasteiger partial charge < -0.3 is 11.1 Å². The second-order valence-electron chi connectivity index (χ2n) is 4.30. The molecule has 1 saturated carbocycles. The molecule has 1 aromatic heterocycles. The highest BCUT2D eigenvalue weighted by Gasteiger charge is 2.31. The Morgan fingerprint density at radius 1 is 1.40 bits per heavy atom. The number of nitrogen functional groups attached to an aromatic ring is 1. The molecule has 0 radical (unpaired) electrons. The molecule has 2 rings (SSSR count). The summed E-state index contributed by atoms with van der Waals surface area (Å²) in [6, 6.07) is 0. The maximum atomic E-state index is 5.67. The molecule has 1 aromatic rings. The van der Waals surface area contributed by atoms with Crippen molar-refractivity contribution < 1.29 is 0 Å². The number of nitrogens with one attached hydrogen (secondary N) is 1. The van der Waals surface area contributed by atoms with Gasteiger partial charge >= 0.3 is 0 Å². The maximum Gasteiger partial charge on any atom is 0.228 e. The quantitative estimate of drug-likeness (QED) is 0.822. The van der Waals surface area contributed by atoms with E-state index in [0.29, 0.717) is 11.4 Å². The van der Waals surface area contributed by atoms with Crippen LogP contribution in [0, 0.1) is 5.41 Å². The van der Waals surface area contributed by atoms with Crippen molar-refractivity contribution in [2.45, 2.75) is 26.2 Å². The smallest absolute Gasteiger partial charge is 0.228 e. The Kier molecular flexibility index (Phi) is 2.65. The number of nitrogens with zero attached hydrogens (tertiary/aromatic N) is 3. The molecule has 0 aromatic carbocycles. The van der Waals surface area contributed by atoms with Crippen LogP contribution in [0.4, 0.5) is 11.9 Å². The van der Waals surface area contributed by atoms with Crippen molar-refractivity contribution >= 4 is 23.5 Å². The molecular formula is C9H14ClN5. The summed E-state index contributed by atoms with van der Waals surface area (Å²) < 4.78 is 0. The average Bonchev–Trinajstić information content (AvgIpc) is 2.10. The molecule has 15 heavy (non-hydrogen) atoms. The minimum absolute atomic E-state index is 0.128. The van der Waals surface area contributed by atoms with Crippen LogP contribution < -0.4 is 11.1 Å². The van der Waals surface area contributed by atoms with Gasteiger partial charge in [-0.2, -0.15) is 15.0 Å². The minimum atomic E-state index is 0.128. The highest BCUT2D eigenvalue weighted by atomic mass is 35.5. The highest BCUT2D eigenvalue weighted by molar-refractivity contribution is 6.28. The summed E-state index contributed by atoms with van der Waals surface area (Å²) in [6.45, 7) is 3.10. The number of rotatable bonds is 3. The molecule has 1 aliphatic carbocycles. The second-order valence-corrected chi connectivity index (χ2v) is 4.64. The van der Waals surface area contributed by atoms with Crippen molar-refractivity contribution in [1.29, 1.82) is 0 Å². The summed E-state index contributed by atoms with van der Waals surface area (Å²) in [7, 11) is 0.